The van der Waals surface area contributed by atoms with Crippen molar-refractivity contribution in [2.75, 3.05) is 13.1 Å². The Morgan fingerprint density at radius 3 is 2.81 bits per heavy atom. The summed E-state index contributed by atoms with van der Waals surface area (Å²) in [7, 11) is 0. The molecule has 3 aromatic rings. The molecule has 1 N–H and O–H groups in total. The maximum atomic E-state index is 13.1. The van der Waals surface area contributed by atoms with Crippen LogP contribution in [0.25, 0.3) is 11.0 Å². The van der Waals surface area contributed by atoms with E-state index in [4.69, 9.17) is 4.98 Å². The summed E-state index contributed by atoms with van der Waals surface area (Å²) in [5.41, 5.74) is 2.43. The average molecular weight is 483 g/mol. The predicted octanol–water partition coefficient (Wildman–Crippen LogP) is 4.17. The number of hydrogen-bond donors (Lipinski definition) is 1. The number of halogens is 1. The lowest BCUT2D eigenvalue weighted by Gasteiger charge is -2.33. The molecule has 2 heterocycles. The number of benzene rings is 2. The second kappa shape index (κ2) is 9.64. The Bertz CT molecular complexity index is 1090. The maximum Gasteiger partial charge on any atom is 0.251 e. The van der Waals surface area contributed by atoms with Crippen molar-refractivity contribution < 1.29 is 9.59 Å². The highest BCUT2D eigenvalue weighted by atomic mass is 79.9. The first-order chi connectivity index (χ1) is 15.0. The fourth-order valence-electron chi connectivity index (χ4n) is 4.21. The van der Waals surface area contributed by atoms with Crippen LogP contribution in [0.2, 0.25) is 0 Å². The highest BCUT2D eigenvalue weighted by molar-refractivity contribution is 9.10. The van der Waals surface area contributed by atoms with Crippen LogP contribution in [0.1, 0.15) is 42.4 Å². The average Bonchev–Trinajstić information content (AvgIpc) is 3.11. The van der Waals surface area contributed by atoms with Gasteiger partial charge in [0, 0.05) is 35.6 Å². The van der Waals surface area contributed by atoms with E-state index in [0.29, 0.717) is 18.5 Å². The first kappa shape index (κ1) is 21.6. The van der Waals surface area contributed by atoms with Gasteiger partial charge in [-0.25, -0.2) is 4.98 Å². The quantitative estimate of drug-likeness (QED) is 0.573. The minimum atomic E-state index is -0.123. The molecule has 1 aromatic heterocycles. The normalized spacial score (nSPS) is 16.5. The zero-order valence-electron chi connectivity index (χ0n) is 17.7. The van der Waals surface area contributed by atoms with E-state index in [1.54, 1.807) is 12.1 Å². The molecule has 6 nitrogen and oxygen atoms in total. The van der Waals surface area contributed by atoms with Gasteiger partial charge in [0.05, 0.1) is 11.0 Å². The number of hydrogen-bond acceptors (Lipinski definition) is 3. The summed E-state index contributed by atoms with van der Waals surface area (Å²) in [6, 6.07) is 15.5. The number of imidazole rings is 1. The fraction of sp³-hybridized carbons (Fsp3) is 0.375. The number of carbonyl (C=O) groups is 2. The van der Waals surface area contributed by atoms with Gasteiger partial charge in [0.25, 0.3) is 5.91 Å². The molecular weight excluding hydrogens is 456 g/mol. The fourth-order valence-corrected chi connectivity index (χ4v) is 4.61. The third-order valence-corrected chi connectivity index (χ3v) is 6.36. The molecule has 31 heavy (non-hydrogen) atoms. The number of para-hydroxylation sites is 2. The van der Waals surface area contributed by atoms with E-state index in [1.165, 1.54) is 6.42 Å². The van der Waals surface area contributed by atoms with E-state index < -0.39 is 0 Å². The lowest BCUT2D eigenvalue weighted by atomic mass is 10.0. The van der Waals surface area contributed by atoms with Crippen molar-refractivity contribution >= 4 is 38.8 Å². The molecule has 2 aromatic carbocycles. The van der Waals surface area contributed by atoms with E-state index in [9.17, 15) is 9.59 Å². The van der Waals surface area contributed by atoms with Crippen LogP contribution in [0, 0.1) is 0 Å². The summed E-state index contributed by atoms with van der Waals surface area (Å²) in [5, 5.41) is 2.96. The van der Waals surface area contributed by atoms with Gasteiger partial charge in [0.2, 0.25) is 5.91 Å². The number of piperidine rings is 1. The molecule has 1 fully saturated rings. The van der Waals surface area contributed by atoms with Gasteiger partial charge in [-0.2, -0.15) is 0 Å². The molecule has 7 heteroatoms. The van der Waals surface area contributed by atoms with Crippen LogP contribution in [0.15, 0.2) is 53.0 Å². The zero-order chi connectivity index (χ0) is 21.8. The SMILES string of the molecule is CC1CCCCN1C(=O)Cn1c(CCNC(=O)c2cccc(Br)c2)nc2ccccc21. The number of likely N-dealkylation sites (tertiary alicyclic amines) is 1. The minimum Gasteiger partial charge on any atom is -0.352 e. The van der Waals surface area contributed by atoms with Gasteiger partial charge in [-0.3, -0.25) is 9.59 Å². The molecule has 0 spiro atoms. The van der Waals surface area contributed by atoms with Gasteiger partial charge in [-0.05, 0) is 56.5 Å². The third-order valence-electron chi connectivity index (χ3n) is 5.87. The van der Waals surface area contributed by atoms with Crippen molar-refractivity contribution in [3.63, 3.8) is 0 Å². The third kappa shape index (κ3) is 4.98. The number of aromatic nitrogens is 2. The second-order valence-corrected chi connectivity index (χ2v) is 8.97. The number of nitrogens with zero attached hydrogens (tertiary/aromatic N) is 3. The van der Waals surface area contributed by atoms with Gasteiger partial charge in [-0.1, -0.05) is 34.1 Å². The molecular formula is C24H27BrN4O2. The van der Waals surface area contributed by atoms with Gasteiger partial charge in [0.15, 0.2) is 0 Å². The van der Waals surface area contributed by atoms with Gasteiger partial charge in [-0.15, -0.1) is 0 Å². The van der Waals surface area contributed by atoms with Gasteiger partial charge in [0.1, 0.15) is 12.4 Å². The van der Waals surface area contributed by atoms with Crippen molar-refractivity contribution in [1.29, 1.82) is 0 Å². The highest BCUT2D eigenvalue weighted by Gasteiger charge is 2.24. The first-order valence-corrected chi connectivity index (χ1v) is 11.6. The van der Waals surface area contributed by atoms with Crippen LogP contribution in [0.5, 0.6) is 0 Å². The molecule has 1 unspecified atom stereocenters. The Morgan fingerprint density at radius 2 is 2.00 bits per heavy atom. The van der Waals surface area contributed by atoms with E-state index in [0.717, 1.165) is 40.7 Å². The standard InChI is InChI=1S/C24H27BrN4O2/c1-17-7-4-5-14-28(17)23(30)16-29-21-11-3-2-10-20(21)27-22(29)12-13-26-24(31)18-8-6-9-19(25)15-18/h2-3,6,8-11,15,17H,4-5,7,12-14,16H2,1H3,(H,26,31). The Kier molecular flexibility index (Phi) is 6.70. The van der Waals surface area contributed by atoms with Crippen LogP contribution in [0.4, 0.5) is 0 Å². The summed E-state index contributed by atoms with van der Waals surface area (Å²) >= 11 is 3.39. The Balaban J connectivity index is 1.48. The largest absolute Gasteiger partial charge is 0.352 e. The second-order valence-electron chi connectivity index (χ2n) is 8.05. The molecule has 0 radical (unpaired) electrons. The molecule has 2 amide bonds. The topological polar surface area (TPSA) is 67.2 Å². The predicted molar refractivity (Wildman–Crippen MR) is 125 cm³/mol. The van der Waals surface area contributed by atoms with Gasteiger partial charge < -0.3 is 14.8 Å². The number of nitrogens with one attached hydrogen (secondary N) is 1. The van der Waals surface area contributed by atoms with E-state index in [1.807, 2.05) is 45.9 Å². The summed E-state index contributed by atoms with van der Waals surface area (Å²) in [6.45, 7) is 3.68. The summed E-state index contributed by atoms with van der Waals surface area (Å²) in [6.07, 6.45) is 3.86. The van der Waals surface area contributed by atoms with Crippen LogP contribution >= 0.6 is 15.9 Å². The lowest BCUT2D eigenvalue weighted by Crippen LogP contribution is -2.43. The lowest BCUT2D eigenvalue weighted by molar-refractivity contribution is -0.135. The van der Waals surface area contributed by atoms with Crippen molar-refractivity contribution in [2.45, 2.75) is 45.2 Å². The molecule has 0 aliphatic carbocycles. The van der Waals surface area contributed by atoms with Crippen molar-refractivity contribution in [2.24, 2.45) is 0 Å². The summed E-state index contributed by atoms with van der Waals surface area (Å²) < 4.78 is 2.87. The van der Waals surface area contributed by atoms with Crippen LogP contribution < -0.4 is 5.32 Å². The van der Waals surface area contributed by atoms with Gasteiger partial charge >= 0.3 is 0 Å². The van der Waals surface area contributed by atoms with Crippen LogP contribution in [-0.4, -0.2) is 45.4 Å². The van der Waals surface area contributed by atoms with Crippen molar-refractivity contribution in [3.8, 4) is 0 Å². The Hall–Kier alpha value is -2.67. The molecule has 1 aliphatic rings. The Labute approximate surface area is 190 Å². The smallest absolute Gasteiger partial charge is 0.251 e. The van der Waals surface area contributed by atoms with Crippen LogP contribution in [-0.2, 0) is 17.8 Å². The first-order valence-electron chi connectivity index (χ1n) is 10.8. The number of rotatable bonds is 6. The molecule has 0 bridgehead atoms. The van der Waals surface area contributed by atoms with Crippen LogP contribution in [0.3, 0.4) is 0 Å². The van der Waals surface area contributed by atoms with E-state index >= 15 is 0 Å². The summed E-state index contributed by atoms with van der Waals surface area (Å²) in [4.78, 5) is 32.3. The number of fused-ring (bicyclic) bond motifs is 1. The van der Waals surface area contributed by atoms with Crippen molar-refractivity contribution in [1.82, 2.24) is 19.8 Å². The number of carbonyl (C=O) groups excluding carboxylic acids is 2. The Morgan fingerprint density at radius 1 is 1.16 bits per heavy atom. The highest BCUT2D eigenvalue weighted by Crippen LogP contribution is 2.20. The van der Waals surface area contributed by atoms with E-state index in [2.05, 4.69) is 28.2 Å². The minimum absolute atomic E-state index is 0.123. The molecule has 1 atom stereocenters. The molecule has 0 saturated carbocycles. The molecule has 162 valence electrons. The molecule has 1 saturated heterocycles. The molecule has 4 rings (SSSR count). The molecule has 1 aliphatic heterocycles. The number of amides is 2. The zero-order valence-corrected chi connectivity index (χ0v) is 19.3. The summed E-state index contributed by atoms with van der Waals surface area (Å²) in [5.74, 6) is 0.825. The maximum absolute atomic E-state index is 13.1. The van der Waals surface area contributed by atoms with E-state index in [-0.39, 0.29) is 24.4 Å². The van der Waals surface area contributed by atoms with Crippen molar-refractivity contribution in [3.05, 3.63) is 64.4 Å². The monoisotopic (exact) mass is 482 g/mol.